The SMILES string of the molecule is C1CCC(CCN2CCC(N3CCNCC3)C2)CC1.Cl. The minimum Gasteiger partial charge on any atom is -0.314 e. The molecule has 0 amide bonds. The van der Waals surface area contributed by atoms with Gasteiger partial charge in [0.1, 0.15) is 0 Å². The van der Waals surface area contributed by atoms with Gasteiger partial charge >= 0.3 is 0 Å². The van der Waals surface area contributed by atoms with E-state index in [4.69, 9.17) is 0 Å². The van der Waals surface area contributed by atoms with Crippen LogP contribution in [0.5, 0.6) is 0 Å². The van der Waals surface area contributed by atoms with Crippen LogP contribution < -0.4 is 5.32 Å². The van der Waals surface area contributed by atoms with Gasteiger partial charge in [0, 0.05) is 38.8 Å². The highest BCUT2D eigenvalue weighted by atomic mass is 35.5. The van der Waals surface area contributed by atoms with Crippen molar-refractivity contribution in [1.29, 1.82) is 0 Å². The molecule has 1 unspecified atom stereocenters. The Bertz CT molecular complexity index is 262. The lowest BCUT2D eigenvalue weighted by molar-refractivity contribution is 0.168. The molecule has 0 radical (unpaired) electrons. The number of rotatable bonds is 4. The van der Waals surface area contributed by atoms with Gasteiger partial charge in [-0.3, -0.25) is 4.90 Å². The first-order valence-electron chi connectivity index (χ1n) is 8.59. The fourth-order valence-electron chi connectivity index (χ4n) is 4.20. The summed E-state index contributed by atoms with van der Waals surface area (Å²) in [5.41, 5.74) is 0. The van der Waals surface area contributed by atoms with E-state index in [1.54, 1.807) is 0 Å². The molecule has 2 heterocycles. The van der Waals surface area contributed by atoms with Crippen molar-refractivity contribution in [3.8, 4) is 0 Å². The topological polar surface area (TPSA) is 18.5 Å². The van der Waals surface area contributed by atoms with Gasteiger partial charge in [-0.15, -0.1) is 12.4 Å². The van der Waals surface area contributed by atoms with E-state index in [2.05, 4.69) is 15.1 Å². The monoisotopic (exact) mass is 301 g/mol. The maximum Gasteiger partial charge on any atom is 0.0236 e. The fraction of sp³-hybridized carbons (Fsp3) is 1.00. The molecule has 0 bridgehead atoms. The summed E-state index contributed by atoms with van der Waals surface area (Å²) in [5, 5.41) is 3.46. The van der Waals surface area contributed by atoms with Crippen molar-refractivity contribution in [2.75, 3.05) is 45.8 Å². The summed E-state index contributed by atoms with van der Waals surface area (Å²) in [6.07, 6.45) is 10.4. The van der Waals surface area contributed by atoms with E-state index in [1.165, 1.54) is 90.8 Å². The summed E-state index contributed by atoms with van der Waals surface area (Å²) in [7, 11) is 0. The van der Waals surface area contributed by atoms with Crippen molar-refractivity contribution in [1.82, 2.24) is 15.1 Å². The first kappa shape index (κ1) is 16.5. The molecule has 1 aliphatic carbocycles. The molecule has 0 aromatic rings. The Labute approximate surface area is 130 Å². The van der Waals surface area contributed by atoms with Crippen molar-refractivity contribution in [2.45, 2.75) is 51.0 Å². The molecule has 3 nitrogen and oxygen atoms in total. The number of nitrogens with zero attached hydrogens (tertiary/aromatic N) is 2. The Kier molecular flexibility index (Phi) is 7.09. The fourth-order valence-corrected chi connectivity index (χ4v) is 4.20. The molecule has 0 spiro atoms. The lowest BCUT2D eigenvalue weighted by atomic mass is 9.87. The van der Waals surface area contributed by atoms with Crippen LogP contribution >= 0.6 is 12.4 Å². The Morgan fingerprint density at radius 1 is 0.900 bits per heavy atom. The first-order chi connectivity index (χ1) is 9.42. The Morgan fingerprint density at radius 3 is 2.40 bits per heavy atom. The number of piperazine rings is 1. The van der Waals surface area contributed by atoms with Gasteiger partial charge in [0.05, 0.1) is 0 Å². The molecule has 118 valence electrons. The Hall–Kier alpha value is 0.170. The second kappa shape index (κ2) is 8.57. The number of hydrogen-bond acceptors (Lipinski definition) is 3. The number of hydrogen-bond donors (Lipinski definition) is 1. The number of halogens is 1. The minimum absolute atomic E-state index is 0. The van der Waals surface area contributed by atoms with Crippen molar-refractivity contribution in [3.05, 3.63) is 0 Å². The number of nitrogens with one attached hydrogen (secondary N) is 1. The minimum atomic E-state index is 0. The second-order valence-corrected chi connectivity index (χ2v) is 6.82. The molecule has 3 aliphatic rings. The molecule has 1 saturated carbocycles. The average molecular weight is 302 g/mol. The summed E-state index contributed by atoms with van der Waals surface area (Å²) in [6.45, 7) is 8.97. The Balaban J connectivity index is 0.00000147. The maximum atomic E-state index is 3.46. The average Bonchev–Trinajstić information content (AvgIpc) is 2.96. The normalized spacial score (nSPS) is 30.3. The van der Waals surface area contributed by atoms with Gasteiger partial charge < -0.3 is 10.2 Å². The zero-order valence-corrected chi connectivity index (χ0v) is 13.7. The molecule has 3 fully saturated rings. The van der Waals surface area contributed by atoms with Crippen LogP contribution in [0.1, 0.15) is 44.9 Å². The van der Waals surface area contributed by atoms with Gasteiger partial charge in [-0.2, -0.15) is 0 Å². The highest BCUT2D eigenvalue weighted by molar-refractivity contribution is 5.85. The van der Waals surface area contributed by atoms with Crippen LogP contribution in [0.3, 0.4) is 0 Å². The van der Waals surface area contributed by atoms with E-state index in [-0.39, 0.29) is 12.4 Å². The standard InChI is InChI=1S/C16H31N3.ClH/c1-2-4-15(5-3-1)6-10-18-11-7-16(14-18)19-12-8-17-9-13-19;/h15-17H,1-14H2;1H. The maximum absolute atomic E-state index is 3.46. The van der Waals surface area contributed by atoms with Crippen LogP contribution in [0.4, 0.5) is 0 Å². The molecular formula is C16H32ClN3. The van der Waals surface area contributed by atoms with Crippen LogP contribution in [-0.4, -0.2) is 61.7 Å². The molecule has 0 aromatic carbocycles. The molecule has 2 aliphatic heterocycles. The predicted molar refractivity (Wildman–Crippen MR) is 87.7 cm³/mol. The van der Waals surface area contributed by atoms with E-state index in [1.807, 2.05) is 0 Å². The van der Waals surface area contributed by atoms with Gasteiger partial charge in [-0.25, -0.2) is 0 Å². The molecule has 3 rings (SSSR count). The van der Waals surface area contributed by atoms with Crippen molar-refractivity contribution < 1.29 is 0 Å². The predicted octanol–water partition coefficient (Wildman–Crippen LogP) is 2.36. The summed E-state index contributed by atoms with van der Waals surface area (Å²) in [5.74, 6) is 1.05. The second-order valence-electron chi connectivity index (χ2n) is 6.82. The van der Waals surface area contributed by atoms with Crippen LogP contribution in [0, 0.1) is 5.92 Å². The number of likely N-dealkylation sites (tertiary alicyclic amines) is 1. The van der Waals surface area contributed by atoms with E-state index in [0.29, 0.717) is 0 Å². The summed E-state index contributed by atoms with van der Waals surface area (Å²) < 4.78 is 0. The third-order valence-electron chi connectivity index (χ3n) is 5.49. The van der Waals surface area contributed by atoms with Gasteiger partial charge in [-0.05, 0) is 31.8 Å². The van der Waals surface area contributed by atoms with Crippen LogP contribution in [0.25, 0.3) is 0 Å². The van der Waals surface area contributed by atoms with E-state index < -0.39 is 0 Å². The highest BCUT2D eigenvalue weighted by Crippen LogP contribution is 2.27. The van der Waals surface area contributed by atoms with Crippen molar-refractivity contribution in [2.24, 2.45) is 5.92 Å². The zero-order chi connectivity index (χ0) is 12.9. The molecule has 1 atom stereocenters. The van der Waals surface area contributed by atoms with Crippen LogP contribution in [0.15, 0.2) is 0 Å². The molecule has 0 aromatic heterocycles. The molecular weight excluding hydrogens is 270 g/mol. The van der Waals surface area contributed by atoms with E-state index in [9.17, 15) is 0 Å². The van der Waals surface area contributed by atoms with E-state index in [0.717, 1.165) is 12.0 Å². The summed E-state index contributed by atoms with van der Waals surface area (Å²) in [6, 6.07) is 0.855. The van der Waals surface area contributed by atoms with Gasteiger partial charge in [0.15, 0.2) is 0 Å². The Morgan fingerprint density at radius 2 is 1.65 bits per heavy atom. The summed E-state index contributed by atoms with van der Waals surface area (Å²) in [4.78, 5) is 5.46. The molecule has 2 saturated heterocycles. The zero-order valence-electron chi connectivity index (χ0n) is 12.9. The summed E-state index contributed by atoms with van der Waals surface area (Å²) >= 11 is 0. The van der Waals surface area contributed by atoms with Gasteiger partial charge in [0.2, 0.25) is 0 Å². The molecule has 1 N–H and O–H groups in total. The first-order valence-corrected chi connectivity index (χ1v) is 8.59. The molecule has 20 heavy (non-hydrogen) atoms. The molecule has 4 heteroatoms. The third-order valence-corrected chi connectivity index (χ3v) is 5.49. The van der Waals surface area contributed by atoms with Gasteiger partial charge in [0.25, 0.3) is 0 Å². The largest absolute Gasteiger partial charge is 0.314 e. The van der Waals surface area contributed by atoms with Crippen LogP contribution in [-0.2, 0) is 0 Å². The van der Waals surface area contributed by atoms with E-state index >= 15 is 0 Å². The lowest BCUT2D eigenvalue weighted by Gasteiger charge is -2.32. The lowest BCUT2D eigenvalue weighted by Crippen LogP contribution is -2.49. The smallest absolute Gasteiger partial charge is 0.0236 e. The van der Waals surface area contributed by atoms with Crippen molar-refractivity contribution >= 4 is 12.4 Å². The quantitative estimate of drug-likeness (QED) is 0.860. The highest BCUT2D eigenvalue weighted by Gasteiger charge is 2.28. The third kappa shape index (κ3) is 4.59. The van der Waals surface area contributed by atoms with Gasteiger partial charge in [-0.1, -0.05) is 32.1 Å². The van der Waals surface area contributed by atoms with Crippen molar-refractivity contribution in [3.63, 3.8) is 0 Å². The van der Waals surface area contributed by atoms with Crippen LogP contribution in [0.2, 0.25) is 0 Å².